The van der Waals surface area contributed by atoms with Gasteiger partial charge in [-0.25, -0.2) is 0 Å². The van der Waals surface area contributed by atoms with Gasteiger partial charge < -0.3 is 0 Å². The van der Waals surface area contributed by atoms with Crippen molar-refractivity contribution in [3.8, 4) is 6.07 Å². The molecule has 0 aromatic heterocycles. The van der Waals surface area contributed by atoms with Crippen molar-refractivity contribution in [2.24, 2.45) is 0 Å². The lowest BCUT2D eigenvalue weighted by Crippen LogP contribution is -2.10. The van der Waals surface area contributed by atoms with E-state index in [1.807, 2.05) is 6.07 Å². The summed E-state index contributed by atoms with van der Waals surface area (Å²) in [6.45, 7) is 0. The number of benzene rings is 1. The van der Waals surface area contributed by atoms with Crippen LogP contribution in [-0.2, 0) is 4.84 Å². The van der Waals surface area contributed by atoms with Crippen molar-refractivity contribution in [1.29, 1.82) is 5.26 Å². The molecular formula is C11H10Cl2N2O. The minimum atomic E-state index is 0.284. The van der Waals surface area contributed by atoms with E-state index in [2.05, 4.69) is 5.48 Å². The molecule has 1 rings (SSSR count). The molecule has 0 saturated carbocycles. The topological polar surface area (TPSA) is 45.0 Å². The Bertz CT molecular complexity index is 438. The molecule has 0 bridgehead atoms. The first-order valence-corrected chi connectivity index (χ1v) is 5.26. The minimum absolute atomic E-state index is 0.284. The smallest absolute Gasteiger partial charge is 0.0664 e. The van der Waals surface area contributed by atoms with E-state index in [0.29, 0.717) is 15.7 Å². The molecule has 0 fully saturated rings. The third-order valence-corrected chi connectivity index (χ3v) is 2.58. The lowest BCUT2D eigenvalue weighted by molar-refractivity contribution is 0.136. The Kier molecular flexibility index (Phi) is 5.13. The van der Waals surface area contributed by atoms with Crippen molar-refractivity contribution in [3.63, 3.8) is 0 Å². The van der Waals surface area contributed by atoms with Crippen molar-refractivity contribution in [2.45, 2.75) is 6.42 Å². The molecule has 0 atom stereocenters. The number of halogens is 2. The molecule has 1 N–H and O–H groups in total. The second-order valence-electron chi connectivity index (χ2n) is 2.92. The van der Waals surface area contributed by atoms with Gasteiger partial charge in [0.05, 0.1) is 35.3 Å². The van der Waals surface area contributed by atoms with E-state index >= 15 is 0 Å². The summed E-state index contributed by atoms with van der Waals surface area (Å²) < 4.78 is 0. The van der Waals surface area contributed by atoms with Crippen LogP contribution in [0, 0.1) is 11.3 Å². The number of nitriles is 1. The quantitative estimate of drug-likeness (QED) is 0.841. The van der Waals surface area contributed by atoms with Crippen LogP contribution < -0.4 is 5.48 Å². The van der Waals surface area contributed by atoms with Crippen LogP contribution in [0.25, 0.3) is 5.70 Å². The van der Waals surface area contributed by atoms with Gasteiger partial charge >= 0.3 is 0 Å². The third-order valence-electron chi connectivity index (χ3n) is 1.84. The monoisotopic (exact) mass is 256 g/mol. The second-order valence-corrected chi connectivity index (χ2v) is 3.73. The summed E-state index contributed by atoms with van der Waals surface area (Å²) in [5.41, 5.74) is 4.18. The molecule has 0 aliphatic rings. The lowest BCUT2D eigenvalue weighted by atomic mass is 10.1. The van der Waals surface area contributed by atoms with Crippen LogP contribution in [0.2, 0.25) is 10.0 Å². The largest absolute Gasteiger partial charge is 0.279 e. The summed E-state index contributed by atoms with van der Waals surface area (Å²) in [5.74, 6) is 0. The molecule has 16 heavy (non-hydrogen) atoms. The predicted molar refractivity (Wildman–Crippen MR) is 64.8 cm³/mol. The molecule has 0 amide bonds. The first-order chi connectivity index (χ1) is 7.69. The average Bonchev–Trinajstić information content (AvgIpc) is 2.28. The fourth-order valence-electron chi connectivity index (χ4n) is 1.14. The summed E-state index contributed by atoms with van der Waals surface area (Å²) in [6.07, 6.45) is 2.00. The van der Waals surface area contributed by atoms with Crippen molar-refractivity contribution in [1.82, 2.24) is 5.48 Å². The number of hydroxylamine groups is 1. The third kappa shape index (κ3) is 3.42. The molecule has 5 heteroatoms. The summed E-state index contributed by atoms with van der Waals surface area (Å²) in [5, 5.41) is 9.47. The van der Waals surface area contributed by atoms with Crippen LogP contribution in [0.4, 0.5) is 0 Å². The number of nitrogens with one attached hydrogen (secondary N) is 1. The second kappa shape index (κ2) is 6.39. The molecule has 0 aliphatic heterocycles. The zero-order valence-corrected chi connectivity index (χ0v) is 10.1. The highest BCUT2D eigenvalue weighted by atomic mass is 35.5. The van der Waals surface area contributed by atoms with Crippen LogP contribution in [0.5, 0.6) is 0 Å². The van der Waals surface area contributed by atoms with Crippen LogP contribution in [0.15, 0.2) is 24.3 Å². The summed E-state index contributed by atoms with van der Waals surface area (Å²) in [6, 6.07) is 7.22. The zero-order chi connectivity index (χ0) is 12.0. The number of allylic oxidation sites excluding steroid dienone is 1. The summed E-state index contributed by atoms with van der Waals surface area (Å²) in [7, 11) is 1.50. The SMILES string of the molecule is CON/C(=C\CC#N)c1ccc(Cl)c(Cl)c1. The van der Waals surface area contributed by atoms with Crippen LogP contribution >= 0.6 is 23.2 Å². The van der Waals surface area contributed by atoms with Gasteiger partial charge in [0, 0.05) is 5.56 Å². The Balaban J connectivity index is 3.02. The maximum atomic E-state index is 8.52. The van der Waals surface area contributed by atoms with Crippen LogP contribution in [0.1, 0.15) is 12.0 Å². The Morgan fingerprint density at radius 3 is 2.81 bits per heavy atom. The number of hydrogen-bond acceptors (Lipinski definition) is 3. The van der Waals surface area contributed by atoms with Gasteiger partial charge in [-0.1, -0.05) is 29.3 Å². The fraction of sp³-hybridized carbons (Fsp3) is 0.182. The Labute approximate surface area is 104 Å². The van der Waals surface area contributed by atoms with Gasteiger partial charge in [0.15, 0.2) is 0 Å². The first kappa shape index (κ1) is 12.9. The molecule has 0 heterocycles. The van der Waals surface area contributed by atoms with Gasteiger partial charge in [-0.3, -0.25) is 10.3 Å². The molecule has 84 valence electrons. The van der Waals surface area contributed by atoms with Crippen LogP contribution in [-0.4, -0.2) is 7.11 Å². The molecule has 0 unspecified atom stereocenters. The maximum absolute atomic E-state index is 8.52. The number of nitrogens with zero attached hydrogens (tertiary/aromatic N) is 1. The Morgan fingerprint density at radius 2 is 2.25 bits per heavy atom. The van der Waals surface area contributed by atoms with Crippen molar-refractivity contribution in [3.05, 3.63) is 39.9 Å². The lowest BCUT2D eigenvalue weighted by Gasteiger charge is -2.09. The Hall–Kier alpha value is -1.21. The maximum Gasteiger partial charge on any atom is 0.0664 e. The first-order valence-electron chi connectivity index (χ1n) is 4.50. The van der Waals surface area contributed by atoms with Gasteiger partial charge in [-0.05, 0) is 18.2 Å². The summed E-state index contributed by atoms with van der Waals surface area (Å²) >= 11 is 11.7. The van der Waals surface area contributed by atoms with Gasteiger partial charge in [-0.2, -0.15) is 5.26 Å². The Morgan fingerprint density at radius 1 is 1.50 bits per heavy atom. The normalized spacial score (nSPS) is 11.0. The molecule has 1 aromatic rings. The number of rotatable bonds is 4. The van der Waals surface area contributed by atoms with Gasteiger partial charge in [0.1, 0.15) is 0 Å². The highest BCUT2D eigenvalue weighted by Crippen LogP contribution is 2.25. The fourth-order valence-corrected chi connectivity index (χ4v) is 1.44. The van der Waals surface area contributed by atoms with Crippen LogP contribution in [0.3, 0.4) is 0 Å². The van der Waals surface area contributed by atoms with E-state index in [9.17, 15) is 0 Å². The van der Waals surface area contributed by atoms with Gasteiger partial charge in [0.2, 0.25) is 0 Å². The zero-order valence-electron chi connectivity index (χ0n) is 8.63. The van der Waals surface area contributed by atoms with Crippen molar-refractivity contribution >= 4 is 28.9 Å². The highest BCUT2D eigenvalue weighted by molar-refractivity contribution is 6.42. The van der Waals surface area contributed by atoms with Crippen molar-refractivity contribution < 1.29 is 4.84 Å². The van der Waals surface area contributed by atoms with E-state index in [1.165, 1.54) is 7.11 Å². The van der Waals surface area contributed by atoms with E-state index in [-0.39, 0.29) is 6.42 Å². The van der Waals surface area contributed by atoms with E-state index in [0.717, 1.165) is 5.56 Å². The van der Waals surface area contributed by atoms with Gasteiger partial charge in [-0.15, -0.1) is 0 Å². The molecular weight excluding hydrogens is 247 g/mol. The number of hydrogen-bond donors (Lipinski definition) is 1. The molecule has 0 aliphatic carbocycles. The van der Waals surface area contributed by atoms with E-state index in [1.54, 1.807) is 24.3 Å². The van der Waals surface area contributed by atoms with E-state index in [4.69, 9.17) is 33.3 Å². The van der Waals surface area contributed by atoms with Crippen molar-refractivity contribution in [2.75, 3.05) is 7.11 Å². The molecule has 0 radical (unpaired) electrons. The predicted octanol–water partition coefficient (Wildman–Crippen LogP) is 3.40. The molecule has 0 saturated heterocycles. The molecule has 0 spiro atoms. The molecule has 3 nitrogen and oxygen atoms in total. The van der Waals surface area contributed by atoms with E-state index < -0.39 is 0 Å². The highest BCUT2D eigenvalue weighted by Gasteiger charge is 2.04. The minimum Gasteiger partial charge on any atom is -0.279 e. The standard InChI is InChI=1S/C11H10Cl2N2O/c1-16-15-11(3-2-6-14)8-4-5-9(12)10(13)7-8/h3-5,7,15H,2H2,1H3/b11-3-. The average molecular weight is 257 g/mol. The molecule has 1 aromatic carbocycles. The van der Waals surface area contributed by atoms with Gasteiger partial charge in [0.25, 0.3) is 0 Å². The summed E-state index contributed by atoms with van der Waals surface area (Å²) in [4.78, 5) is 4.82.